The van der Waals surface area contributed by atoms with Crippen LogP contribution in [-0.2, 0) is 0 Å². The zero-order chi connectivity index (χ0) is 9.56. The summed E-state index contributed by atoms with van der Waals surface area (Å²) in [5.74, 6) is -0.959. The maximum Gasteiger partial charge on any atom is 0.338 e. The molecule has 0 spiro atoms. The third kappa shape index (κ3) is 5.49. The molecule has 1 heterocycles. The van der Waals surface area contributed by atoms with Crippen molar-refractivity contribution in [2.45, 2.75) is 0 Å². The van der Waals surface area contributed by atoms with Crippen molar-refractivity contribution < 1.29 is 14.3 Å². The van der Waals surface area contributed by atoms with Crippen molar-refractivity contribution in [3.05, 3.63) is 24.2 Å². The Morgan fingerprint density at radius 2 is 2.00 bits per heavy atom. The Hall–Kier alpha value is -1.29. The number of hydrogen-bond acceptors (Lipinski definition) is 3. The molecule has 68 valence electrons. The Bertz CT molecular complexity index is 213. The highest BCUT2D eigenvalue weighted by Gasteiger charge is 2.00. The van der Waals surface area contributed by atoms with E-state index in [0.29, 0.717) is 0 Å². The molecule has 0 aliphatic heterocycles. The van der Waals surface area contributed by atoms with Gasteiger partial charge in [0.25, 0.3) is 0 Å². The molecule has 4 nitrogen and oxygen atoms in total. The normalized spacial score (nSPS) is 9.00. The van der Waals surface area contributed by atoms with Gasteiger partial charge >= 0.3 is 5.97 Å². The second kappa shape index (κ2) is 5.37. The summed E-state index contributed by atoms with van der Waals surface area (Å²) in [4.78, 5) is 12.0. The standard InChI is InChI=1S/C5H4O3.C3H9N/c6-5(7)4-1-2-8-3-4;1-4(2)3/h1-3H,(H,6,7);1-3H3. The van der Waals surface area contributed by atoms with Gasteiger partial charge in [0.1, 0.15) is 6.26 Å². The van der Waals surface area contributed by atoms with Crippen LogP contribution < -0.4 is 0 Å². The van der Waals surface area contributed by atoms with Gasteiger partial charge < -0.3 is 14.4 Å². The average molecular weight is 171 g/mol. The molecule has 0 fully saturated rings. The molecule has 1 aromatic rings. The minimum Gasteiger partial charge on any atom is -0.478 e. The van der Waals surface area contributed by atoms with E-state index in [1.807, 2.05) is 26.0 Å². The van der Waals surface area contributed by atoms with Gasteiger partial charge in [-0.25, -0.2) is 4.79 Å². The highest BCUT2D eigenvalue weighted by Crippen LogP contribution is 1.97. The number of carboxylic acids is 1. The summed E-state index contributed by atoms with van der Waals surface area (Å²) >= 11 is 0. The van der Waals surface area contributed by atoms with Gasteiger partial charge in [-0.1, -0.05) is 0 Å². The number of aromatic carboxylic acids is 1. The Kier molecular flexibility index (Phi) is 4.79. The number of nitrogens with zero attached hydrogens (tertiary/aromatic N) is 1. The van der Waals surface area contributed by atoms with E-state index in [4.69, 9.17) is 5.11 Å². The number of carboxylic acid groups (broad SMARTS) is 1. The van der Waals surface area contributed by atoms with E-state index in [1.165, 1.54) is 18.6 Å². The molecule has 0 radical (unpaired) electrons. The molecule has 0 atom stereocenters. The number of carbonyl (C=O) groups is 1. The molecular weight excluding hydrogens is 158 g/mol. The first-order valence-electron chi connectivity index (χ1n) is 3.40. The zero-order valence-corrected chi connectivity index (χ0v) is 7.44. The first-order valence-corrected chi connectivity index (χ1v) is 3.40. The molecule has 0 aliphatic rings. The van der Waals surface area contributed by atoms with Gasteiger partial charge in [0, 0.05) is 0 Å². The van der Waals surface area contributed by atoms with Crippen molar-refractivity contribution in [1.29, 1.82) is 0 Å². The molecular formula is C8H13NO3. The van der Waals surface area contributed by atoms with Gasteiger partial charge in [0.15, 0.2) is 0 Å². The summed E-state index contributed by atoms with van der Waals surface area (Å²) in [5.41, 5.74) is 0.185. The molecule has 0 unspecified atom stereocenters. The largest absolute Gasteiger partial charge is 0.478 e. The summed E-state index contributed by atoms with van der Waals surface area (Å²) in [6.45, 7) is 0. The molecule has 0 aliphatic carbocycles. The van der Waals surface area contributed by atoms with Gasteiger partial charge in [0.05, 0.1) is 11.8 Å². The maximum absolute atomic E-state index is 10.0. The van der Waals surface area contributed by atoms with E-state index in [0.717, 1.165) is 0 Å². The Balaban J connectivity index is 0.000000261. The van der Waals surface area contributed by atoms with Crippen molar-refractivity contribution >= 4 is 5.97 Å². The molecule has 0 saturated carbocycles. The van der Waals surface area contributed by atoms with E-state index >= 15 is 0 Å². The molecule has 0 saturated heterocycles. The highest BCUT2D eigenvalue weighted by molar-refractivity contribution is 5.86. The first kappa shape index (κ1) is 10.7. The molecule has 0 aromatic carbocycles. The van der Waals surface area contributed by atoms with Crippen LogP contribution in [0.25, 0.3) is 0 Å². The van der Waals surface area contributed by atoms with Crippen LogP contribution in [0.4, 0.5) is 0 Å². The molecule has 0 amide bonds. The molecule has 0 bridgehead atoms. The third-order valence-electron chi connectivity index (χ3n) is 0.768. The van der Waals surface area contributed by atoms with Crippen molar-refractivity contribution in [2.75, 3.05) is 21.1 Å². The van der Waals surface area contributed by atoms with Crippen molar-refractivity contribution in [3.8, 4) is 0 Å². The second-order valence-electron chi connectivity index (χ2n) is 2.66. The average Bonchev–Trinajstić information content (AvgIpc) is 2.34. The van der Waals surface area contributed by atoms with Crippen LogP contribution in [-0.4, -0.2) is 37.1 Å². The van der Waals surface area contributed by atoms with E-state index in [9.17, 15) is 4.79 Å². The predicted octanol–water partition coefficient (Wildman–Crippen LogP) is 1.16. The van der Waals surface area contributed by atoms with E-state index < -0.39 is 5.97 Å². The van der Waals surface area contributed by atoms with Crippen molar-refractivity contribution in [1.82, 2.24) is 4.90 Å². The van der Waals surface area contributed by atoms with Crippen LogP contribution >= 0.6 is 0 Å². The van der Waals surface area contributed by atoms with E-state index in [1.54, 1.807) is 0 Å². The summed E-state index contributed by atoms with van der Waals surface area (Å²) in [6.07, 6.45) is 2.51. The minimum absolute atomic E-state index is 0.185. The Morgan fingerprint density at radius 1 is 1.50 bits per heavy atom. The monoisotopic (exact) mass is 171 g/mol. The van der Waals surface area contributed by atoms with Gasteiger partial charge in [-0.3, -0.25) is 0 Å². The fourth-order valence-corrected chi connectivity index (χ4v) is 0.386. The van der Waals surface area contributed by atoms with Crippen molar-refractivity contribution in [2.24, 2.45) is 0 Å². The molecule has 1 rings (SSSR count). The smallest absolute Gasteiger partial charge is 0.338 e. The van der Waals surface area contributed by atoms with Crippen LogP contribution in [0.3, 0.4) is 0 Å². The lowest BCUT2D eigenvalue weighted by Crippen LogP contribution is -1.99. The lowest BCUT2D eigenvalue weighted by molar-refractivity contribution is 0.0696. The topological polar surface area (TPSA) is 53.7 Å². The van der Waals surface area contributed by atoms with Gasteiger partial charge in [0.2, 0.25) is 0 Å². The lowest BCUT2D eigenvalue weighted by atomic mass is 10.4. The van der Waals surface area contributed by atoms with Crippen LogP contribution in [0.1, 0.15) is 10.4 Å². The van der Waals surface area contributed by atoms with Crippen molar-refractivity contribution in [3.63, 3.8) is 0 Å². The SMILES string of the molecule is CN(C)C.O=C(O)c1ccoc1. The predicted molar refractivity (Wildman–Crippen MR) is 45.3 cm³/mol. The van der Waals surface area contributed by atoms with Gasteiger partial charge in [-0.2, -0.15) is 0 Å². The van der Waals surface area contributed by atoms with E-state index in [-0.39, 0.29) is 5.56 Å². The number of furan rings is 1. The zero-order valence-electron chi connectivity index (χ0n) is 7.44. The quantitative estimate of drug-likeness (QED) is 0.688. The maximum atomic E-state index is 10.0. The highest BCUT2D eigenvalue weighted by atomic mass is 16.4. The van der Waals surface area contributed by atoms with Gasteiger partial charge in [-0.15, -0.1) is 0 Å². The molecule has 1 N–H and O–H groups in total. The van der Waals surface area contributed by atoms with Crippen LogP contribution in [0.15, 0.2) is 23.0 Å². The summed E-state index contributed by atoms with van der Waals surface area (Å²) in [5, 5.41) is 8.21. The third-order valence-corrected chi connectivity index (χ3v) is 0.768. The summed E-state index contributed by atoms with van der Waals surface area (Å²) < 4.78 is 4.49. The molecule has 4 heteroatoms. The fraction of sp³-hybridized carbons (Fsp3) is 0.375. The first-order chi connectivity index (χ1) is 5.54. The second-order valence-corrected chi connectivity index (χ2v) is 2.66. The Morgan fingerprint density at radius 3 is 2.17 bits per heavy atom. The Labute approximate surface area is 71.4 Å². The fourth-order valence-electron chi connectivity index (χ4n) is 0.386. The van der Waals surface area contributed by atoms with E-state index in [2.05, 4.69) is 4.42 Å². The lowest BCUT2D eigenvalue weighted by Gasteiger charge is -1.90. The van der Waals surface area contributed by atoms with Crippen LogP contribution in [0.5, 0.6) is 0 Å². The molecule has 12 heavy (non-hydrogen) atoms. The van der Waals surface area contributed by atoms with Gasteiger partial charge in [-0.05, 0) is 27.2 Å². The summed E-state index contributed by atoms with van der Waals surface area (Å²) in [6, 6.07) is 1.39. The summed E-state index contributed by atoms with van der Waals surface area (Å²) in [7, 11) is 6.00. The number of hydrogen-bond donors (Lipinski definition) is 1. The minimum atomic E-state index is -0.959. The van der Waals surface area contributed by atoms with Crippen LogP contribution in [0.2, 0.25) is 0 Å². The molecule has 1 aromatic heterocycles. The number of rotatable bonds is 1. The van der Waals surface area contributed by atoms with Crippen LogP contribution in [0, 0.1) is 0 Å².